The van der Waals surface area contributed by atoms with Crippen LogP contribution in [0.2, 0.25) is 0 Å². The van der Waals surface area contributed by atoms with Crippen molar-refractivity contribution >= 4 is 38.8 Å². The lowest BCUT2D eigenvalue weighted by atomic mass is 9.97. The van der Waals surface area contributed by atoms with E-state index in [0.29, 0.717) is 0 Å². The molecule has 0 atom stereocenters. The van der Waals surface area contributed by atoms with Gasteiger partial charge < -0.3 is 9.32 Å². The number of hydrogen-bond acceptors (Lipinski definition) is 2. The third kappa shape index (κ3) is 6.58. The van der Waals surface area contributed by atoms with Gasteiger partial charge in [0.25, 0.3) is 0 Å². The summed E-state index contributed by atoms with van der Waals surface area (Å²) in [6.07, 6.45) is 0. The molecule has 1 aromatic heterocycles. The molecule has 0 radical (unpaired) electrons. The fraction of sp³-hybridized carbons (Fsp3) is 0.0182. The molecule has 10 rings (SSSR count). The van der Waals surface area contributed by atoms with Crippen molar-refractivity contribution in [2.75, 3.05) is 4.90 Å². The van der Waals surface area contributed by atoms with Gasteiger partial charge in [0.15, 0.2) is 0 Å². The van der Waals surface area contributed by atoms with Gasteiger partial charge in [-0.25, -0.2) is 0 Å². The molecule has 9 aromatic carbocycles. The lowest BCUT2D eigenvalue weighted by Gasteiger charge is -2.28. The summed E-state index contributed by atoms with van der Waals surface area (Å²) in [5.41, 5.74) is 15.9. The van der Waals surface area contributed by atoms with Gasteiger partial charge in [0.1, 0.15) is 11.3 Å². The Bertz CT molecular complexity index is 2990. The highest BCUT2D eigenvalue weighted by Crippen LogP contribution is 2.43. The summed E-state index contributed by atoms with van der Waals surface area (Å²) in [5, 5.41) is 3.59. The van der Waals surface area contributed by atoms with Gasteiger partial charge in [0, 0.05) is 33.5 Å². The number of para-hydroxylation sites is 2. The Morgan fingerprint density at radius 2 is 0.877 bits per heavy atom. The van der Waals surface area contributed by atoms with Crippen LogP contribution in [-0.4, -0.2) is 0 Å². The molecular weight excluding hydrogens is 691 g/mol. The first-order valence-electron chi connectivity index (χ1n) is 19.5. The second-order valence-electron chi connectivity index (χ2n) is 14.6. The minimum atomic E-state index is 0.921. The van der Waals surface area contributed by atoms with Crippen molar-refractivity contribution in [3.63, 3.8) is 0 Å². The molecule has 0 saturated carbocycles. The highest BCUT2D eigenvalue weighted by Gasteiger charge is 2.18. The second-order valence-corrected chi connectivity index (χ2v) is 14.6. The van der Waals surface area contributed by atoms with E-state index in [1.54, 1.807) is 0 Å². The molecule has 0 fully saturated rings. The lowest BCUT2D eigenvalue weighted by Crippen LogP contribution is -2.11. The molecule has 0 unspecified atom stereocenters. The van der Waals surface area contributed by atoms with E-state index >= 15 is 0 Å². The van der Waals surface area contributed by atoms with Gasteiger partial charge in [-0.15, -0.1) is 0 Å². The van der Waals surface area contributed by atoms with E-state index in [2.05, 4.69) is 218 Å². The first-order valence-corrected chi connectivity index (χ1v) is 19.5. The number of aryl methyl sites for hydroxylation is 1. The summed E-state index contributed by atoms with van der Waals surface area (Å²) in [6.45, 7) is 2.14. The fourth-order valence-electron chi connectivity index (χ4n) is 8.08. The van der Waals surface area contributed by atoms with E-state index < -0.39 is 0 Å². The number of nitrogens with zero attached hydrogens (tertiary/aromatic N) is 1. The molecule has 0 N–H and O–H groups in total. The van der Waals surface area contributed by atoms with E-state index in [9.17, 15) is 0 Å². The van der Waals surface area contributed by atoms with Gasteiger partial charge in [-0.05, 0) is 99.1 Å². The van der Waals surface area contributed by atoms with Crippen molar-refractivity contribution < 1.29 is 4.42 Å². The Morgan fingerprint density at radius 1 is 0.351 bits per heavy atom. The number of rotatable bonds is 8. The summed E-state index contributed by atoms with van der Waals surface area (Å²) in [4.78, 5) is 2.39. The van der Waals surface area contributed by atoms with E-state index in [0.717, 1.165) is 44.9 Å². The molecule has 2 heteroatoms. The normalized spacial score (nSPS) is 11.2. The first kappa shape index (κ1) is 34.1. The minimum Gasteiger partial charge on any atom is -0.456 e. The summed E-state index contributed by atoms with van der Waals surface area (Å²) in [7, 11) is 0. The largest absolute Gasteiger partial charge is 0.456 e. The second kappa shape index (κ2) is 14.7. The predicted octanol–water partition coefficient (Wildman–Crippen LogP) is 15.7. The highest BCUT2D eigenvalue weighted by molar-refractivity contribution is 5.93. The zero-order valence-corrected chi connectivity index (χ0v) is 31.6. The monoisotopic (exact) mass is 729 g/mol. The van der Waals surface area contributed by atoms with Crippen LogP contribution in [0.3, 0.4) is 0 Å². The summed E-state index contributed by atoms with van der Waals surface area (Å²) in [5.74, 6) is 0.927. The zero-order chi connectivity index (χ0) is 38.1. The van der Waals surface area contributed by atoms with Crippen molar-refractivity contribution in [3.05, 3.63) is 224 Å². The highest BCUT2D eigenvalue weighted by atomic mass is 16.3. The van der Waals surface area contributed by atoms with E-state index in [4.69, 9.17) is 4.42 Å². The molecule has 270 valence electrons. The predicted molar refractivity (Wildman–Crippen MR) is 240 cm³/mol. The Hall–Kier alpha value is -7.42. The number of anilines is 3. The molecule has 0 aliphatic heterocycles. The average Bonchev–Trinajstić information content (AvgIpc) is 3.63. The van der Waals surface area contributed by atoms with Crippen molar-refractivity contribution in [1.29, 1.82) is 0 Å². The number of benzene rings is 9. The van der Waals surface area contributed by atoms with Crippen molar-refractivity contribution in [2.24, 2.45) is 0 Å². The van der Waals surface area contributed by atoms with Gasteiger partial charge in [0.05, 0.1) is 5.69 Å². The van der Waals surface area contributed by atoms with Crippen molar-refractivity contribution in [3.8, 4) is 55.8 Å². The smallest absolute Gasteiger partial charge is 0.138 e. The maximum atomic E-state index is 6.30. The SMILES string of the molecule is Cc1c(-c2cccc(-c3ccc(-c4ccc(N(c5ccc6ccccc6c5)c5ccccc5-c5ccc(-c6ccccc6)cc5)cc4)cc3)c2)oc2ccccc12. The van der Waals surface area contributed by atoms with E-state index in [1.807, 2.05) is 12.1 Å². The van der Waals surface area contributed by atoms with Crippen LogP contribution >= 0.6 is 0 Å². The first-order chi connectivity index (χ1) is 28.2. The van der Waals surface area contributed by atoms with Crippen LogP contribution in [0, 0.1) is 6.92 Å². The Kier molecular flexibility index (Phi) is 8.78. The molecule has 0 amide bonds. The molecule has 10 aromatic rings. The molecule has 57 heavy (non-hydrogen) atoms. The fourth-order valence-corrected chi connectivity index (χ4v) is 8.08. The van der Waals surface area contributed by atoms with Crippen LogP contribution < -0.4 is 4.90 Å². The molecule has 0 aliphatic rings. The van der Waals surface area contributed by atoms with E-state index in [1.165, 1.54) is 55.3 Å². The molecule has 0 aliphatic carbocycles. The van der Waals surface area contributed by atoms with Gasteiger partial charge in [-0.2, -0.15) is 0 Å². The zero-order valence-electron chi connectivity index (χ0n) is 31.6. The quantitative estimate of drug-likeness (QED) is 0.155. The van der Waals surface area contributed by atoms with Crippen LogP contribution in [-0.2, 0) is 0 Å². The third-order valence-corrected chi connectivity index (χ3v) is 11.1. The van der Waals surface area contributed by atoms with Crippen LogP contribution in [0.25, 0.3) is 77.6 Å². The van der Waals surface area contributed by atoms with Gasteiger partial charge in [0.2, 0.25) is 0 Å². The number of fused-ring (bicyclic) bond motifs is 2. The summed E-state index contributed by atoms with van der Waals surface area (Å²) < 4.78 is 6.30. The standard InChI is InChI=1S/C55H39NO/c1-38-51-18-8-10-21-54(51)57-55(38)48-17-11-16-46(36-48)44-24-22-42(23-25-44)43-30-33-49(34-31-43)56(50-35-32-40-14-5-6-15-47(40)37-50)53-20-9-7-19-52(53)45-28-26-41(27-29-45)39-12-3-2-4-13-39/h2-37H,1H3. The third-order valence-electron chi connectivity index (χ3n) is 11.1. The van der Waals surface area contributed by atoms with Gasteiger partial charge in [-0.3, -0.25) is 0 Å². The molecule has 0 bridgehead atoms. The Morgan fingerprint density at radius 3 is 1.61 bits per heavy atom. The maximum Gasteiger partial charge on any atom is 0.138 e. The van der Waals surface area contributed by atoms with Crippen LogP contribution in [0.1, 0.15) is 5.56 Å². The van der Waals surface area contributed by atoms with Crippen molar-refractivity contribution in [1.82, 2.24) is 0 Å². The molecule has 2 nitrogen and oxygen atoms in total. The molecule has 1 heterocycles. The Balaban J connectivity index is 0.982. The molecular formula is C55H39NO. The van der Waals surface area contributed by atoms with Crippen LogP contribution in [0.4, 0.5) is 17.1 Å². The van der Waals surface area contributed by atoms with Gasteiger partial charge >= 0.3 is 0 Å². The molecule has 0 saturated heterocycles. The van der Waals surface area contributed by atoms with Gasteiger partial charge in [-0.1, -0.05) is 176 Å². The van der Waals surface area contributed by atoms with Crippen molar-refractivity contribution in [2.45, 2.75) is 6.92 Å². The molecule has 0 spiro atoms. The summed E-state index contributed by atoms with van der Waals surface area (Å²) >= 11 is 0. The lowest BCUT2D eigenvalue weighted by molar-refractivity contribution is 0.629. The number of hydrogen-bond donors (Lipinski definition) is 0. The summed E-state index contributed by atoms with van der Waals surface area (Å²) in [6, 6.07) is 78.2. The minimum absolute atomic E-state index is 0.921. The average molecular weight is 730 g/mol. The maximum absolute atomic E-state index is 6.30. The topological polar surface area (TPSA) is 16.4 Å². The Labute approximate surface area is 333 Å². The number of furan rings is 1. The van der Waals surface area contributed by atoms with E-state index in [-0.39, 0.29) is 0 Å². The van der Waals surface area contributed by atoms with Crippen LogP contribution in [0.5, 0.6) is 0 Å². The van der Waals surface area contributed by atoms with Crippen LogP contribution in [0.15, 0.2) is 223 Å².